The highest BCUT2D eigenvalue weighted by Gasteiger charge is 2.18. The quantitative estimate of drug-likeness (QED) is 0.768. The van der Waals surface area contributed by atoms with Gasteiger partial charge in [0.25, 0.3) is 0 Å². The number of nitrogens with zero attached hydrogens (tertiary/aromatic N) is 2. The molecule has 0 amide bonds. The third-order valence-electron chi connectivity index (χ3n) is 3.21. The minimum absolute atomic E-state index is 0.116. The summed E-state index contributed by atoms with van der Waals surface area (Å²) >= 11 is 0. The number of aromatic amines is 1. The molecule has 0 saturated carbocycles. The van der Waals surface area contributed by atoms with Crippen LogP contribution in [-0.2, 0) is 16.6 Å². The van der Waals surface area contributed by atoms with E-state index in [1.807, 2.05) is 6.92 Å². The van der Waals surface area contributed by atoms with Crippen molar-refractivity contribution in [3.8, 4) is 0 Å². The summed E-state index contributed by atoms with van der Waals surface area (Å²) < 4.78 is 27.5. The molecule has 0 spiro atoms. The van der Waals surface area contributed by atoms with Gasteiger partial charge in [-0.3, -0.25) is 4.98 Å². The second-order valence-electron chi connectivity index (χ2n) is 4.64. The average Bonchev–Trinajstić information content (AvgIpc) is 2.99. The molecule has 0 aliphatic rings. The van der Waals surface area contributed by atoms with Gasteiger partial charge in [-0.05, 0) is 30.7 Å². The van der Waals surface area contributed by atoms with Gasteiger partial charge in [0.15, 0.2) is 0 Å². The number of hydrogen-bond acceptors (Lipinski definition) is 4. The second-order valence-corrected chi connectivity index (χ2v) is 6.38. The number of aryl methyl sites for hydroxylation is 1. The Bertz CT molecular complexity index is 873. The van der Waals surface area contributed by atoms with Crippen LogP contribution in [0.15, 0.2) is 47.8 Å². The second kappa shape index (κ2) is 5.27. The van der Waals surface area contributed by atoms with E-state index in [4.69, 9.17) is 0 Å². The Kier molecular flexibility index (Phi) is 3.44. The van der Waals surface area contributed by atoms with Crippen molar-refractivity contribution < 1.29 is 8.42 Å². The number of fused-ring (bicyclic) bond motifs is 1. The highest BCUT2D eigenvalue weighted by atomic mass is 32.2. The molecule has 0 fully saturated rings. The number of hydrogen-bond donors (Lipinski definition) is 2. The lowest BCUT2D eigenvalue weighted by molar-refractivity contribution is 0.580. The molecular weight excluding hydrogens is 288 g/mol. The van der Waals surface area contributed by atoms with Crippen LogP contribution in [0, 0.1) is 6.92 Å². The van der Waals surface area contributed by atoms with E-state index in [-0.39, 0.29) is 11.4 Å². The zero-order valence-corrected chi connectivity index (χ0v) is 12.2. The first-order valence-electron chi connectivity index (χ1n) is 6.40. The highest BCUT2D eigenvalue weighted by Crippen LogP contribution is 2.24. The fourth-order valence-corrected chi connectivity index (χ4v) is 3.34. The Balaban J connectivity index is 2.01. The van der Waals surface area contributed by atoms with Crippen LogP contribution in [0.5, 0.6) is 0 Å². The molecule has 0 aliphatic heterocycles. The molecular formula is C14H14N4O2S. The van der Waals surface area contributed by atoms with Crippen LogP contribution in [0.4, 0.5) is 0 Å². The molecule has 0 unspecified atom stereocenters. The maximum atomic E-state index is 12.5. The molecule has 0 radical (unpaired) electrons. The average molecular weight is 302 g/mol. The van der Waals surface area contributed by atoms with Gasteiger partial charge in [0, 0.05) is 24.0 Å². The molecule has 0 bridgehead atoms. The van der Waals surface area contributed by atoms with Gasteiger partial charge in [-0.15, -0.1) is 0 Å². The van der Waals surface area contributed by atoms with Gasteiger partial charge >= 0.3 is 0 Å². The van der Waals surface area contributed by atoms with Gasteiger partial charge in [0.05, 0.1) is 17.0 Å². The van der Waals surface area contributed by atoms with Crippen molar-refractivity contribution in [2.24, 2.45) is 0 Å². The molecule has 7 heteroatoms. The fraction of sp³-hybridized carbons (Fsp3) is 0.143. The summed E-state index contributed by atoms with van der Waals surface area (Å²) in [5.41, 5.74) is 1.63. The van der Waals surface area contributed by atoms with Crippen LogP contribution in [0.25, 0.3) is 10.9 Å². The largest absolute Gasteiger partial charge is 0.347 e. The van der Waals surface area contributed by atoms with E-state index in [0.717, 1.165) is 5.56 Å². The van der Waals surface area contributed by atoms with E-state index < -0.39 is 10.0 Å². The van der Waals surface area contributed by atoms with Gasteiger partial charge in [-0.2, -0.15) is 0 Å². The van der Waals surface area contributed by atoms with Crippen LogP contribution < -0.4 is 4.72 Å². The maximum absolute atomic E-state index is 12.5. The number of nitrogens with one attached hydrogen (secondary N) is 2. The van der Waals surface area contributed by atoms with Gasteiger partial charge in [-0.25, -0.2) is 18.1 Å². The number of rotatable bonds is 4. The Morgan fingerprint density at radius 1 is 1.19 bits per heavy atom. The minimum atomic E-state index is -3.63. The SMILES string of the molecule is Cc1ccc(S(=O)(=O)NCc2ncc[nH]2)c2cccnc12. The summed E-state index contributed by atoms with van der Waals surface area (Å²) in [7, 11) is -3.63. The smallest absolute Gasteiger partial charge is 0.241 e. The lowest BCUT2D eigenvalue weighted by Crippen LogP contribution is -2.24. The van der Waals surface area contributed by atoms with Crippen molar-refractivity contribution in [1.29, 1.82) is 0 Å². The van der Waals surface area contributed by atoms with E-state index in [0.29, 0.717) is 16.7 Å². The molecule has 3 aromatic rings. The summed E-state index contributed by atoms with van der Waals surface area (Å²) in [6.07, 6.45) is 4.88. The summed E-state index contributed by atoms with van der Waals surface area (Å²) in [6.45, 7) is 2.02. The first-order chi connectivity index (χ1) is 10.1. The Morgan fingerprint density at radius 3 is 2.81 bits per heavy atom. The predicted molar refractivity (Wildman–Crippen MR) is 79.1 cm³/mol. The third-order valence-corrected chi connectivity index (χ3v) is 4.66. The van der Waals surface area contributed by atoms with Crippen LogP contribution in [-0.4, -0.2) is 23.4 Å². The number of pyridine rings is 1. The molecule has 1 aromatic carbocycles. The zero-order valence-electron chi connectivity index (χ0n) is 11.4. The van der Waals surface area contributed by atoms with Crippen molar-refractivity contribution in [2.45, 2.75) is 18.4 Å². The summed E-state index contributed by atoms with van der Waals surface area (Å²) in [5.74, 6) is 0.563. The molecule has 2 heterocycles. The van der Waals surface area contributed by atoms with E-state index in [2.05, 4.69) is 19.7 Å². The topological polar surface area (TPSA) is 87.7 Å². The highest BCUT2D eigenvalue weighted by molar-refractivity contribution is 7.89. The third kappa shape index (κ3) is 2.65. The lowest BCUT2D eigenvalue weighted by Gasteiger charge is -2.09. The summed E-state index contributed by atoms with van der Waals surface area (Å²) in [5, 5.41) is 0.615. The lowest BCUT2D eigenvalue weighted by atomic mass is 10.1. The maximum Gasteiger partial charge on any atom is 0.241 e. The number of imidazole rings is 1. The van der Waals surface area contributed by atoms with Crippen molar-refractivity contribution in [1.82, 2.24) is 19.7 Å². The van der Waals surface area contributed by atoms with Crippen LogP contribution >= 0.6 is 0 Å². The van der Waals surface area contributed by atoms with Crippen molar-refractivity contribution >= 4 is 20.9 Å². The molecule has 0 aliphatic carbocycles. The van der Waals surface area contributed by atoms with Gasteiger partial charge in [0.1, 0.15) is 5.82 Å². The molecule has 2 N–H and O–H groups in total. The van der Waals surface area contributed by atoms with Crippen molar-refractivity contribution in [3.63, 3.8) is 0 Å². The number of benzene rings is 1. The zero-order chi connectivity index (χ0) is 14.9. The molecule has 0 saturated heterocycles. The van der Waals surface area contributed by atoms with Crippen molar-refractivity contribution in [3.05, 3.63) is 54.2 Å². The van der Waals surface area contributed by atoms with Crippen molar-refractivity contribution in [2.75, 3.05) is 0 Å². The Morgan fingerprint density at radius 2 is 2.05 bits per heavy atom. The molecule has 21 heavy (non-hydrogen) atoms. The van der Waals surface area contributed by atoms with Crippen LogP contribution in [0.1, 0.15) is 11.4 Å². The van der Waals surface area contributed by atoms with Crippen LogP contribution in [0.2, 0.25) is 0 Å². The number of sulfonamides is 1. The number of aromatic nitrogens is 3. The van der Waals surface area contributed by atoms with E-state index in [9.17, 15) is 8.42 Å². The van der Waals surface area contributed by atoms with E-state index in [1.54, 1.807) is 42.9 Å². The summed E-state index contributed by atoms with van der Waals surface area (Å²) in [6, 6.07) is 6.85. The molecule has 6 nitrogen and oxygen atoms in total. The minimum Gasteiger partial charge on any atom is -0.347 e. The molecule has 108 valence electrons. The molecule has 3 rings (SSSR count). The van der Waals surface area contributed by atoms with Gasteiger partial charge in [0.2, 0.25) is 10.0 Å². The fourth-order valence-electron chi connectivity index (χ4n) is 2.16. The first kappa shape index (κ1) is 13.7. The monoisotopic (exact) mass is 302 g/mol. The molecule has 2 aromatic heterocycles. The first-order valence-corrected chi connectivity index (χ1v) is 7.88. The predicted octanol–water partition coefficient (Wildman–Crippen LogP) is 1.74. The number of H-pyrrole nitrogens is 1. The van der Waals surface area contributed by atoms with Crippen LogP contribution in [0.3, 0.4) is 0 Å². The Labute approximate surface area is 122 Å². The van der Waals surface area contributed by atoms with Gasteiger partial charge in [-0.1, -0.05) is 6.07 Å². The Hall–Kier alpha value is -2.25. The van der Waals surface area contributed by atoms with Gasteiger partial charge < -0.3 is 4.98 Å². The van der Waals surface area contributed by atoms with E-state index in [1.165, 1.54) is 0 Å². The van der Waals surface area contributed by atoms with E-state index >= 15 is 0 Å². The summed E-state index contributed by atoms with van der Waals surface area (Å²) in [4.78, 5) is 11.3. The normalized spacial score (nSPS) is 11.9. The standard InChI is InChI=1S/C14H14N4O2S/c1-10-4-5-12(11-3-2-6-17-14(10)11)21(19,20)18-9-13-15-7-8-16-13/h2-8,18H,9H2,1H3,(H,15,16). The molecule has 0 atom stereocenters.